The van der Waals surface area contributed by atoms with E-state index in [1.165, 1.54) is 12.1 Å². The largest absolute Gasteiger partial charge is 0.352 e. The maximum Gasteiger partial charge on any atom is 0.230 e. The number of nitrogens with zero attached hydrogens (tertiary/aromatic N) is 1. The number of benzene rings is 2. The van der Waals surface area contributed by atoms with Gasteiger partial charge in [-0.05, 0) is 49.4 Å². The lowest BCUT2D eigenvalue weighted by Gasteiger charge is -2.33. The van der Waals surface area contributed by atoms with Crippen molar-refractivity contribution >= 4 is 5.91 Å². The third-order valence-corrected chi connectivity index (χ3v) is 5.79. The molecular formula is C22H24F2N2O. The van der Waals surface area contributed by atoms with Gasteiger partial charge in [0.05, 0.1) is 5.41 Å². The zero-order chi connectivity index (χ0) is 18.9. The van der Waals surface area contributed by atoms with Gasteiger partial charge >= 0.3 is 0 Å². The van der Waals surface area contributed by atoms with E-state index in [1.807, 2.05) is 6.07 Å². The van der Waals surface area contributed by atoms with E-state index in [0.29, 0.717) is 18.4 Å². The maximum absolute atomic E-state index is 14.1. The second-order valence-corrected chi connectivity index (χ2v) is 7.72. The van der Waals surface area contributed by atoms with E-state index in [9.17, 15) is 13.6 Å². The lowest BCUT2D eigenvalue weighted by atomic mass is 9.93. The van der Waals surface area contributed by atoms with E-state index in [2.05, 4.69) is 10.2 Å². The molecular weight excluding hydrogens is 346 g/mol. The van der Waals surface area contributed by atoms with Crippen LogP contribution in [0.2, 0.25) is 0 Å². The predicted octanol–water partition coefficient (Wildman–Crippen LogP) is 3.78. The summed E-state index contributed by atoms with van der Waals surface area (Å²) in [5, 5.41) is 3.15. The highest BCUT2D eigenvalue weighted by Crippen LogP contribution is 2.49. The second kappa shape index (κ2) is 7.39. The van der Waals surface area contributed by atoms with E-state index in [1.54, 1.807) is 30.3 Å². The normalized spacial score (nSPS) is 19.6. The second-order valence-electron chi connectivity index (χ2n) is 7.72. The molecule has 1 N–H and O–H groups in total. The molecule has 142 valence electrons. The Morgan fingerprint density at radius 2 is 1.81 bits per heavy atom. The number of rotatable bonds is 5. The van der Waals surface area contributed by atoms with Crippen LogP contribution in [0.4, 0.5) is 8.78 Å². The number of hydrogen-bond acceptors (Lipinski definition) is 2. The van der Waals surface area contributed by atoms with Crippen molar-refractivity contribution in [2.45, 2.75) is 43.7 Å². The zero-order valence-electron chi connectivity index (χ0n) is 15.3. The average Bonchev–Trinajstić information content (AvgIpc) is 3.46. The predicted molar refractivity (Wildman–Crippen MR) is 100 cm³/mol. The average molecular weight is 370 g/mol. The van der Waals surface area contributed by atoms with Gasteiger partial charge in [0, 0.05) is 31.2 Å². The molecule has 2 aromatic carbocycles. The van der Waals surface area contributed by atoms with Crippen LogP contribution < -0.4 is 5.32 Å². The van der Waals surface area contributed by atoms with Crippen LogP contribution in [0.3, 0.4) is 0 Å². The number of piperidine rings is 1. The van der Waals surface area contributed by atoms with Crippen molar-refractivity contribution in [3.63, 3.8) is 0 Å². The van der Waals surface area contributed by atoms with Crippen molar-refractivity contribution in [2.24, 2.45) is 0 Å². The Labute approximate surface area is 158 Å². The van der Waals surface area contributed by atoms with Gasteiger partial charge in [-0.25, -0.2) is 8.78 Å². The summed E-state index contributed by atoms with van der Waals surface area (Å²) in [7, 11) is 0. The molecule has 2 fully saturated rings. The molecule has 0 atom stereocenters. The summed E-state index contributed by atoms with van der Waals surface area (Å²) < 4.78 is 27.5. The molecule has 1 heterocycles. The minimum absolute atomic E-state index is 0.0452. The molecule has 1 saturated heterocycles. The monoisotopic (exact) mass is 370 g/mol. The van der Waals surface area contributed by atoms with Gasteiger partial charge in [0.2, 0.25) is 5.91 Å². The van der Waals surface area contributed by atoms with Crippen molar-refractivity contribution in [2.75, 3.05) is 13.1 Å². The molecule has 0 unspecified atom stereocenters. The van der Waals surface area contributed by atoms with Gasteiger partial charge < -0.3 is 5.32 Å². The fraction of sp³-hybridized carbons (Fsp3) is 0.409. The molecule has 2 aliphatic rings. The minimum Gasteiger partial charge on any atom is -0.352 e. The smallest absolute Gasteiger partial charge is 0.230 e. The molecule has 1 amide bonds. The number of amides is 1. The number of carbonyl (C=O) groups is 1. The third kappa shape index (κ3) is 3.88. The van der Waals surface area contributed by atoms with Gasteiger partial charge in [-0.2, -0.15) is 0 Å². The highest BCUT2D eigenvalue weighted by atomic mass is 19.1. The fourth-order valence-electron chi connectivity index (χ4n) is 4.05. The Hall–Kier alpha value is -2.27. The summed E-state index contributed by atoms with van der Waals surface area (Å²) in [4.78, 5) is 15.1. The van der Waals surface area contributed by atoms with Crippen LogP contribution in [0.25, 0.3) is 0 Å². The van der Waals surface area contributed by atoms with E-state index < -0.39 is 5.41 Å². The molecule has 5 heteroatoms. The van der Waals surface area contributed by atoms with Gasteiger partial charge in [0.25, 0.3) is 0 Å². The first-order valence-electron chi connectivity index (χ1n) is 9.60. The van der Waals surface area contributed by atoms with Gasteiger partial charge in [-0.3, -0.25) is 9.69 Å². The summed E-state index contributed by atoms with van der Waals surface area (Å²) in [5.41, 5.74) is 0.810. The Balaban J connectivity index is 1.32. The number of halogens is 2. The van der Waals surface area contributed by atoms with E-state index in [0.717, 1.165) is 38.0 Å². The number of hydrogen-bond donors (Lipinski definition) is 1. The quantitative estimate of drug-likeness (QED) is 0.869. The van der Waals surface area contributed by atoms with E-state index >= 15 is 0 Å². The highest BCUT2D eigenvalue weighted by Gasteiger charge is 2.53. The molecule has 0 radical (unpaired) electrons. The first-order chi connectivity index (χ1) is 13.1. The van der Waals surface area contributed by atoms with Crippen molar-refractivity contribution in [3.8, 4) is 0 Å². The lowest BCUT2D eigenvalue weighted by Crippen LogP contribution is -2.47. The SMILES string of the molecule is O=C(NC1CCN(Cc2cccc(F)c2)CC1)C1(c2ccccc2F)CC1. The van der Waals surface area contributed by atoms with Crippen LogP contribution >= 0.6 is 0 Å². The molecule has 2 aromatic rings. The molecule has 0 bridgehead atoms. The molecule has 1 aliphatic carbocycles. The highest BCUT2D eigenvalue weighted by molar-refractivity contribution is 5.91. The molecule has 0 aromatic heterocycles. The summed E-state index contributed by atoms with van der Waals surface area (Å²) in [6.45, 7) is 2.43. The third-order valence-electron chi connectivity index (χ3n) is 5.79. The van der Waals surface area contributed by atoms with E-state index in [4.69, 9.17) is 0 Å². The van der Waals surface area contributed by atoms with Crippen molar-refractivity contribution in [1.29, 1.82) is 0 Å². The van der Waals surface area contributed by atoms with Crippen molar-refractivity contribution < 1.29 is 13.6 Å². The van der Waals surface area contributed by atoms with Crippen LogP contribution in [-0.2, 0) is 16.8 Å². The first kappa shape index (κ1) is 18.1. The van der Waals surface area contributed by atoms with E-state index in [-0.39, 0.29) is 23.6 Å². The van der Waals surface area contributed by atoms with Crippen LogP contribution in [0, 0.1) is 11.6 Å². The summed E-state index contributed by atoms with van der Waals surface area (Å²) in [6, 6.07) is 13.4. The fourth-order valence-corrected chi connectivity index (χ4v) is 4.05. The van der Waals surface area contributed by atoms with Gasteiger partial charge in [-0.15, -0.1) is 0 Å². The molecule has 27 heavy (non-hydrogen) atoms. The summed E-state index contributed by atoms with van der Waals surface area (Å²) in [6.07, 6.45) is 3.12. The number of carbonyl (C=O) groups excluding carboxylic acids is 1. The molecule has 1 aliphatic heterocycles. The Bertz CT molecular complexity index is 827. The van der Waals surface area contributed by atoms with Crippen molar-refractivity contribution in [1.82, 2.24) is 10.2 Å². The van der Waals surface area contributed by atoms with Gasteiger partial charge in [0.15, 0.2) is 0 Å². The molecule has 3 nitrogen and oxygen atoms in total. The Morgan fingerprint density at radius 3 is 2.48 bits per heavy atom. The molecule has 1 saturated carbocycles. The Kier molecular flexibility index (Phi) is 4.96. The van der Waals surface area contributed by atoms with Crippen LogP contribution in [0.1, 0.15) is 36.8 Å². The topological polar surface area (TPSA) is 32.3 Å². The summed E-state index contributed by atoms with van der Waals surface area (Å²) >= 11 is 0. The molecule has 4 rings (SSSR count). The maximum atomic E-state index is 14.1. The Morgan fingerprint density at radius 1 is 1.07 bits per heavy atom. The lowest BCUT2D eigenvalue weighted by molar-refractivity contribution is -0.124. The first-order valence-corrected chi connectivity index (χ1v) is 9.60. The van der Waals surface area contributed by atoms with Gasteiger partial charge in [-0.1, -0.05) is 30.3 Å². The van der Waals surface area contributed by atoms with Crippen LogP contribution in [0.5, 0.6) is 0 Å². The standard InChI is InChI=1S/C22H24F2N2O/c23-17-5-3-4-16(14-17)15-26-12-8-18(9-13-26)25-21(27)22(10-11-22)19-6-1-2-7-20(19)24/h1-7,14,18H,8-13,15H2,(H,25,27). The minimum atomic E-state index is -0.677. The van der Waals surface area contributed by atoms with Gasteiger partial charge in [0.1, 0.15) is 11.6 Å². The zero-order valence-corrected chi connectivity index (χ0v) is 15.3. The number of nitrogens with one attached hydrogen (secondary N) is 1. The van der Waals surface area contributed by atoms with Crippen LogP contribution in [-0.4, -0.2) is 29.9 Å². The van der Waals surface area contributed by atoms with Crippen LogP contribution in [0.15, 0.2) is 48.5 Å². The molecule has 0 spiro atoms. The van der Waals surface area contributed by atoms with Crippen molar-refractivity contribution in [3.05, 3.63) is 71.3 Å². The summed E-state index contributed by atoms with van der Waals surface area (Å²) in [5.74, 6) is -0.552. The number of likely N-dealkylation sites (tertiary alicyclic amines) is 1.